The number of piperidine rings is 1. The van der Waals surface area contributed by atoms with Crippen molar-refractivity contribution in [1.82, 2.24) is 10.0 Å². The lowest BCUT2D eigenvalue weighted by Crippen LogP contribution is -2.41. The van der Waals surface area contributed by atoms with Crippen molar-refractivity contribution < 1.29 is 8.42 Å². The van der Waals surface area contributed by atoms with Crippen molar-refractivity contribution in [2.75, 3.05) is 19.6 Å². The van der Waals surface area contributed by atoms with Gasteiger partial charge in [0.05, 0.1) is 5.25 Å². The Kier molecular flexibility index (Phi) is 4.37. The Balaban J connectivity index is 2.50. The zero-order valence-corrected chi connectivity index (χ0v) is 9.50. The second-order valence-electron chi connectivity index (χ2n) is 3.33. The van der Waals surface area contributed by atoms with Gasteiger partial charge in [0.25, 0.3) is 0 Å². The van der Waals surface area contributed by atoms with Gasteiger partial charge in [0.15, 0.2) is 0 Å². The topological polar surface area (TPSA) is 58.2 Å². The predicted molar refractivity (Wildman–Crippen MR) is 57.8 cm³/mol. The molecule has 14 heavy (non-hydrogen) atoms. The molecule has 6 heteroatoms. The van der Waals surface area contributed by atoms with E-state index in [1.807, 2.05) is 0 Å². The number of sulfonamides is 1. The van der Waals surface area contributed by atoms with Crippen LogP contribution in [-0.2, 0) is 10.0 Å². The van der Waals surface area contributed by atoms with Gasteiger partial charge in [-0.25, -0.2) is 13.1 Å². The van der Waals surface area contributed by atoms with E-state index in [1.165, 1.54) is 0 Å². The number of hydrogen-bond donors (Lipinski definition) is 2. The van der Waals surface area contributed by atoms with E-state index < -0.39 is 10.0 Å². The minimum atomic E-state index is -3.21. The molecule has 0 bridgehead atoms. The fourth-order valence-corrected chi connectivity index (χ4v) is 3.02. The molecule has 0 atom stereocenters. The number of nitrogens with one attached hydrogen (secondary N) is 2. The summed E-state index contributed by atoms with van der Waals surface area (Å²) in [7, 11) is -3.21. The Bertz CT molecular complexity index is 296. The molecular formula is C8H15ClN2O2S. The minimum absolute atomic E-state index is 0.119. The van der Waals surface area contributed by atoms with Gasteiger partial charge < -0.3 is 5.32 Å². The van der Waals surface area contributed by atoms with Crippen LogP contribution in [0, 0.1) is 0 Å². The van der Waals surface area contributed by atoms with Gasteiger partial charge in [0.2, 0.25) is 10.0 Å². The van der Waals surface area contributed by atoms with Crippen molar-refractivity contribution in [3.05, 3.63) is 11.6 Å². The maximum absolute atomic E-state index is 11.7. The second kappa shape index (κ2) is 5.11. The van der Waals surface area contributed by atoms with Gasteiger partial charge in [0, 0.05) is 11.6 Å². The standard InChI is InChI=1S/C8H15ClN2O2S/c1-7(9)6-11-14(12,13)8-2-4-10-5-3-8/h8,10-11H,1-6H2. The maximum Gasteiger partial charge on any atom is 0.214 e. The van der Waals surface area contributed by atoms with Crippen LogP contribution in [-0.4, -0.2) is 33.3 Å². The van der Waals surface area contributed by atoms with Crippen LogP contribution < -0.4 is 10.0 Å². The van der Waals surface area contributed by atoms with Crippen molar-refractivity contribution in [2.24, 2.45) is 0 Å². The van der Waals surface area contributed by atoms with Gasteiger partial charge in [-0.05, 0) is 25.9 Å². The van der Waals surface area contributed by atoms with E-state index in [0.29, 0.717) is 17.9 Å². The van der Waals surface area contributed by atoms with Crippen LogP contribution in [0.15, 0.2) is 11.6 Å². The molecule has 0 aromatic rings. The highest BCUT2D eigenvalue weighted by Crippen LogP contribution is 2.12. The van der Waals surface area contributed by atoms with E-state index in [2.05, 4.69) is 16.6 Å². The summed E-state index contributed by atoms with van der Waals surface area (Å²) in [6.45, 7) is 5.06. The summed E-state index contributed by atoms with van der Waals surface area (Å²) in [6.07, 6.45) is 1.31. The molecule has 0 amide bonds. The van der Waals surface area contributed by atoms with Crippen molar-refractivity contribution in [1.29, 1.82) is 0 Å². The lowest BCUT2D eigenvalue weighted by molar-refractivity contribution is 0.491. The lowest BCUT2D eigenvalue weighted by Gasteiger charge is -2.22. The monoisotopic (exact) mass is 238 g/mol. The summed E-state index contributed by atoms with van der Waals surface area (Å²) in [6, 6.07) is 0. The molecular weight excluding hydrogens is 224 g/mol. The average Bonchev–Trinajstić information content (AvgIpc) is 2.16. The zero-order chi connectivity index (χ0) is 10.6. The van der Waals surface area contributed by atoms with E-state index in [1.54, 1.807) is 0 Å². The molecule has 2 N–H and O–H groups in total. The minimum Gasteiger partial charge on any atom is -0.317 e. The summed E-state index contributed by atoms with van der Waals surface area (Å²) >= 11 is 5.49. The van der Waals surface area contributed by atoms with Crippen molar-refractivity contribution in [2.45, 2.75) is 18.1 Å². The van der Waals surface area contributed by atoms with Crippen molar-refractivity contribution in [3.8, 4) is 0 Å². The molecule has 1 aliphatic rings. The Hall–Kier alpha value is -0.100. The van der Waals surface area contributed by atoms with Gasteiger partial charge in [0.1, 0.15) is 0 Å². The number of rotatable bonds is 4. The highest BCUT2D eigenvalue weighted by molar-refractivity contribution is 7.90. The number of hydrogen-bond acceptors (Lipinski definition) is 3. The van der Waals surface area contributed by atoms with Crippen molar-refractivity contribution in [3.63, 3.8) is 0 Å². The normalized spacial score (nSPS) is 19.5. The van der Waals surface area contributed by atoms with Crippen LogP contribution in [0.4, 0.5) is 0 Å². The smallest absolute Gasteiger partial charge is 0.214 e. The van der Waals surface area contributed by atoms with Gasteiger partial charge in [-0.2, -0.15) is 0 Å². The second-order valence-corrected chi connectivity index (χ2v) is 5.91. The Morgan fingerprint density at radius 2 is 2.07 bits per heavy atom. The fourth-order valence-electron chi connectivity index (χ4n) is 1.40. The lowest BCUT2D eigenvalue weighted by atomic mass is 10.2. The average molecular weight is 239 g/mol. The molecule has 1 saturated heterocycles. The molecule has 0 unspecified atom stereocenters. The summed E-state index contributed by atoms with van der Waals surface area (Å²) in [5.74, 6) is 0. The van der Waals surface area contributed by atoms with Crippen LogP contribution in [0.1, 0.15) is 12.8 Å². The molecule has 0 aliphatic carbocycles. The van der Waals surface area contributed by atoms with Gasteiger partial charge >= 0.3 is 0 Å². The Morgan fingerprint density at radius 3 is 2.57 bits per heavy atom. The molecule has 1 aliphatic heterocycles. The first-order valence-electron chi connectivity index (χ1n) is 4.55. The molecule has 0 aromatic carbocycles. The highest BCUT2D eigenvalue weighted by atomic mass is 35.5. The molecule has 0 radical (unpaired) electrons. The number of halogens is 1. The molecule has 1 fully saturated rings. The first kappa shape index (κ1) is 12.0. The summed E-state index contributed by atoms with van der Waals surface area (Å²) in [4.78, 5) is 0. The maximum atomic E-state index is 11.7. The largest absolute Gasteiger partial charge is 0.317 e. The van der Waals surface area contributed by atoms with E-state index in [-0.39, 0.29) is 11.8 Å². The van der Waals surface area contributed by atoms with Crippen LogP contribution in [0.25, 0.3) is 0 Å². The van der Waals surface area contributed by atoms with E-state index in [0.717, 1.165) is 13.1 Å². The van der Waals surface area contributed by atoms with E-state index >= 15 is 0 Å². The zero-order valence-electron chi connectivity index (χ0n) is 7.92. The third-order valence-electron chi connectivity index (χ3n) is 2.19. The molecule has 1 rings (SSSR count). The first-order valence-corrected chi connectivity index (χ1v) is 6.47. The van der Waals surface area contributed by atoms with Gasteiger partial charge in [-0.15, -0.1) is 0 Å². The van der Waals surface area contributed by atoms with Crippen LogP contribution in [0.2, 0.25) is 0 Å². The SMILES string of the molecule is C=C(Cl)CNS(=O)(=O)C1CCNCC1. The van der Waals surface area contributed by atoms with Crippen LogP contribution in [0.5, 0.6) is 0 Å². The molecule has 0 aromatic heterocycles. The Labute approximate surface area is 89.8 Å². The molecule has 82 valence electrons. The highest BCUT2D eigenvalue weighted by Gasteiger charge is 2.26. The molecule has 1 heterocycles. The summed E-state index contributed by atoms with van der Waals surface area (Å²) < 4.78 is 25.7. The van der Waals surface area contributed by atoms with Gasteiger partial charge in [-0.3, -0.25) is 0 Å². The quantitative estimate of drug-likeness (QED) is 0.746. The molecule has 0 spiro atoms. The molecule has 4 nitrogen and oxygen atoms in total. The fraction of sp³-hybridized carbons (Fsp3) is 0.750. The molecule has 0 saturated carbocycles. The third-order valence-corrected chi connectivity index (χ3v) is 4.22. The van der Waals surface area contributed by atoms with Crippen LogP contribution >= 0.6 is 11.6 Å². The van der Waals surface area contributed by atoms with Gasteiger partial charge in [-0.1, -0.05) is 18.2 Å². The predicted octanol–water partition coefficient (Wildman–Crippen LogP) is 0.410. The Morgan fingerprint density at radius 1 is 1.50 bits per heavy atom. The summed E-state index contributed by atoms with van der Waals surface area (Å²) in [5.41, 5.74) is 0. The van der Waals surface area contributed by atoms with Crippen LogP contribution in [0.3, 0.4) is 0 Å². The summed E-state index contributed by atoms with van der Waals surface area (Å²) in [5, 5.41) is 3.13. The first-order chi connectivity index (χ1) is 6.52. The third kappa shape index (κ3) is 3.57. The van der Waals surface area contributed by atoms with E-state index in [4.69, 9.17) is 11.6 Å². The van der Waals surface area contributed by atoms with E-state index in [9.17, 15) is 8.42 Å². The van der Waals surface area contributed by atoms with Crippen molar-refractivity contribution >= 4 is 21.6 Å².